The van der Waals surface area contributed by atoms with E-state index in [0.717, 1.165) is 19.5 Å². The Labute approximate surface area is 182 Å². The third-order valence-electron chi connectivity index (χ3n) is 4.70. The van der Waals surface area contributed by atoms with Crippen LogP contribution in [0.3, 0.4) is 0 Å². The normalized spacial score (nSPS) is 14.5. The average Bonchev–Trinajstić information content (AvgIpc) is 2.65. The van der Waals surface area contributed by atoms with Crippen LogP contribution in [-0.4, -0.2) is 53.3 Å². The zero-order chi connectivity index (χ0) is 22.6. The minimum Gasteiger partial charge on any atom is -0.488 e. The number of amides is 1. The quantitative estimate of drug-likeness (QED) is 0.662. The molecule has 2 aromatic rings. The van der Waals surface area contributed by atoms with E-state index in [2.05, 4.69) is 0 Å². The van der Waals surface area contributed by atoms with Gasteiger partial charge in [-0.15, -0.1) is 0 Å². The molecule has 3 rings (SSSR count). The number of aromatic carboxylic acids is 1. The van der Waals surface area contributed by atoms with Crippen molar-refractivity contribution in [3.05, 3.63) is 53.6 Å². The first-order chi connectivity index (χ1) is 14.6. The van der Waals surface area contributed by atoms with Gasteiger partial charge < -0.3 is 24.2 Å². The van der Waals surface area contributed by atoms with Crippen LogP contribution in [0.15, 0.2) is 42.5 Å². The molecule has 7 nitrogen and oxygen atoms in total. The zero-order valence-corrected chi connectivity index (χ0v) is 18.4. The lowest BCUT2D eigenvalue weighted by molar-refractivity contribution is -0.0374. The predicted molar refractivity (Wildman–Crippen MR) is 116 cm³/mol. The van der Waals surface area contributed by atoms with E-state index >= 15 is 0 Å². The molecule has 7 heteroatoms. The number of hydrogen-bond donors (Lipinski definition) is 1. The smallest absolute Gasteiger partial charge is 0.335 e. The lowest BCUT2D eigenvalue weighted by Crippen LogP contribution is -2.41. The maximum atomic E-state index is 12.3. The molecule has 1 aliphatic heterocycles. The Hall–Kier alpha value is -3.06. The van der Waals surface area contributed by atoms with Crippen molar-refractivity contribution in [2.24, 2.45) is 0 Å². The minimum absolute atomic E-state index is 0.00724. The molecule has 0 radical (unpaired) electrons. The number of ether oxygens (including phenoxy) is 3. The van der Waals surface area contributed by atoms with E-state index in [0.29, 0.717) is 29.4 Å². The monoisotopic (exact) mass is 427 g/mol. The summed E-state index contributed by atoms with van der Waals surface area (Å²) in [6.45, 7) is 9.68. The largest absolute Gasteiger partial charge is 0.488 e. The van der Waals surface area contributed by atoms with Crippen molar-refractivity contribution in [2.45, 2.75) is 45.8 Å². The number of nitrogens with zero attached hydrogens (tertiary/aromatic N) is 1. The van der Waals surface area contributed by atoms with Gasteiger partial charge >= 0.3 is 5.97 Å². The van der Waals surface area contributed by atoms with Crippen LogP contribution < -0.4 is 9.47 Å². The number of carboxylic acids is 1. The van der Waals surface area contributed by atoms with Crippen LogP contribution in [0, 0.1) is 0 Å². The number of hydrogen-bond acceptors (Lipinski definition) is 5. The standard InChI is InChI=1S/C24H29NO6/c1-16(15-29-24(2,3)4)30-20-12-18(23(27)28)13-21(14-20)31-19-8-6-17(7-9-19)22(26)25-10-5-11-25/h6-9,12-14,16H,5,10-11,15H2,1-4H3,(H,27,28)/t16-/m0/s1. The summed E-state index contributed by atoms with van der Waals surface area (Å²) in [4.78, 5) is 25.6. The Morgan fingerprint density at radius 2 is 1.65 bits per heavy atom. The van der Waals surface area contributed by atoms with E-state index in [1.165, 1.54) is 12.1 Å². The summed E-state index contributed by atoms with van der Waals surface area (Å²) in [5.74, 6) is 0.139. The van der Waals surface area contributed by atoms with Crippen molar-refractivity contribution in [3.63, 3.8) is 0 Å². The summed E-state index contributed by atoms with van der Waals surface area (Å²) < 4.78 is 17.4. The van der Waals surface area contributed by atoms with Crippen LogP contribution in [0.1, 0.15) is 54.8 Å². The van der Waals surface area contributed by atoms with E-state index in [1.54, 1.807) is 35.2 Å². The number of carboxylic acid groups (broad SMARTS) is 1. The molecule has 1 fully saturated rings. The summed E-state index contributed by atoms with van der Waals surface area (Å²) in [6, 6.07) is 11.3. The van der Waals surface area contributed by atoms with Crippen molar-refractivity contribution in [2.75, 3.05) is 19.7 Å². The molecule has 1 saturated heterocycles. The van der Waals surface area contributed by atoms with Gasteiger partial charge in [0.25, 0.3) is 5.91 Å². The predicted octanol–water partition coefficient (Wildman–Crippen LogP) is 4.61. The summed E-state index contributed by atoms with van der Waals surface area (Å²) >= 11 is 0. The molecular weight excluding hydrogens is 398 g/mol. The summed E-state index contributed by atoms with van der Waals surface area (Å²) in [6.07, 6.45) is 0.765. The molecule has 166 valence electrons. The van der Waals surface area contributed by atoms with Crippen LogP contribution in [0.5, 0.6) is 17.2 Å². The van der Waals surface area contributed by atoms with E-state index < -0.39 is 5.97 Å². The van der Waals surface area contributed by atoms with Gasteiger partial charge in [0.2, 0.25) is 0 Å². The number of benzene rings is 2. The fraction of sp³-hybridized carbons (Fsp3) is 0.417. The second kappa shape index (κ2) is 9.39. The average molecular weight is 427 g/mol. The molecule has 0 unspecified atom stereocenters. The highest BCUT2D eigenvalue weighted by atomic mass is 16.5. The highest BCUT2D eigenvalue weighted by molar-refractivity contribution is 5.94. The zero-order valence-electron chi connectivity index (χ0n) is 18.4. The van der Waals surface area contributed by atoms with Gasteiger partial charge in [-0.1, -0.05) is 0 Å². The maximum absolute atomic E-state index is 12.3. The summed E-state index contributed by atoms with van der Waals surface area (Å²) in [5, 5.41) is 9.44. The number of rotatable bonds is 8. The second-order valence-electron chi connectivity index (χ2n) is 8.62. The fourth-order valence-corrected chi connectivity index (χ4v) is 2.96. The minimum atomic E-state index is -1.08. The first-order valence-electron chi connectivity index (χ1n) is 10.4. The molecular formula is C24H29NO6. The first kappa shape index (κ1) is 22.6. The molecule has 0 spiro atoms. The topological polar surface area (TPSA) is 85.3 Å². The Balaban J connectivity index is 1.71. The van der Waals surface area contributed by atoms with Crippen molar-refractivity contribution in [3.8, 4) is 17.2 Å². The van der Waals surface area contributed by atoms with Crippen LogP contribution in [0.25, 0.3) is 0 Å². The van der Waals surface area contributed by atoms with Gasteiger partial charge in [0, 0.05) is 24.7 Å². The van der Waals surface area contributed by atoms with Crippen LogP contribution >= 0.6 is 0 Å². The van der Waals surface area contributed by atoms with E-state index in [-0.39, 0.29) is 23.2 Å². The number of carbonyl (C=O) groups is 2. The number of carbonyl (C=O) groups excluding carboxylic acids is 1. The summed E-state index contributed by atoms with van der Waals surface area (Å²) in [5.41, 5.74) is 0.363. The van der Waals surface area contributed by atoms with Crippen molar-refractivity contribution >= 4 is 11.9 Å². The van der Waals surface area contributed by atoms with Crippen molar-refractivity contribution in [1.29, 1.82) is 0 Å². The van der Waals surface area contributed by atoms with Crippen LogP contribution in [0.4, 0.5) is 0 Å². The van der Waals surface area contributed by atoms with Crippen molar-refractivity contribution in [1.82, 2.24) is 4.90 Å². The van der Waals surface area contributed by atoms with E-state index in [9.17, 15) is 14.7 Å². The molecule has 1 atom stereocenters. The molecule has 1 amide bonds. The van der Waals surface area contributed by atoms with Gasteiger partial charge in [0.05, 0.1) is 17.8 Å². The maximum Gasteiger partial charge on any atom is 0.335 e. The second-order valence-corrected chi connectivity index (χ2v) is 8.62. The van der Waals surface area contributed by atoms with Gasteiger partial charge in [-0.3, -0.25) is 4.79 Å². The molecule has 31 heavy (non-hydrogen) atoms. The lowest BCUT2D eigenvalue weighted by Gasteiger charge is -2.30. The van der Waals surface area contributed by atoms with Gasteiger partial charge in [0.1, 0.15) is 23.4 Å². The highest BCUT2D eigenvalue weighted by Gasteiger charge is 2.21. The molecule has 1 heterocycles. The third-order valence-corrected chi connectivity index (χ3v) is 4.70. The van der Waals surface area contributed by atoms with E-state index in [1.807, 2.05) is 27.7 Å². The molecule has 0 aliphatic carbocycles. The van der Waals surface area contributed by atoms with Gasteiger partial charge in [-0.2, -0.15) is 0 Å². The SMILES string of the molecule is C[C@@H](COC(C)(C)C)Oc1cc(Oc2ccc(C(=O)N3CCC3)cc2)cc(C(=O)O)c1. The summed E-state index contributed by atoms with van der Waals surface area (Å²) in [7, 11) is 0. The van der Waals surface area contributed by atoms with Gasteiger partial charge in [-0.25, -0.2) is 4.79 Å². The molecule has 0 aromatic heterocycles. The lowest BCUT2D eigenvalue weighted by atomic mass is 10.1. The molecule has 1 N–H and O–H groups in total. The Morgan fingerprint density at radius 1 is 1.00 bits per heavy atom. The van der Waals surface area contributed by atoms with E-state index in [4.69, 9.17) is 14.2 Å². The fourth-order valence-electron chi connectivity index (χ4n) is 2.96. The Morgan fingerprint density at radius 3 is 2.19 bits per heavy atom. The first-order valence-corrected chi connectivity index (χ1v) is 10.4. The molecule has 2 aromatic carbocycles. The third kappa shape index (κ3) is 6.46. The molecule has 0 saturated carbocycles. The van der Waals surface area contributed by atoms with Crippen LogP contribution in [-0.2, 0) is 4.74 Å². The molecule has 0 bridgehead atoms. The van der Waals surface area contributed by atoms with Gasteiger partial charge in [0.15, 0.2) is 0 Å². The Kier molecular flexibility index (Phi) is 6.85. The molecule has 1 aliphatic rings. The van der Waals surface area contributed by atoms with Gasteiger partial charge in [-0.05, 0) is 70.5 Å². The van der Waals surface area contributed by atoms with Crippen molar-refractivity contribution < 1.29 is 28.9 Å². The van der Waals surface area contributed by atoms with Crippen LogP contribution in [0.2, 0.25) is 0 Å². The Bertz CT molecular complexity index is 928. The number of likely N-dealkylation sites (tertiary alicyclic amines) is 1. The highest BCUT2D eigenvalue weighted by Crippen LogP contribution is 2.29.